The fraction of sp³-hybridized carbons (Fsp3) is 0.533. The fourth-order valence-electron chi connectivity index (χ4n) is 1.89. The van der Waals surface area contributed by atoms with Crippen LogP contribution in [-0.2, 0) is 9.53 Å². The van der Waals surface area contributed by atoms with Crippen molar-refractivity contribution in [3.8, 4) is 5.75 Å². The second-order valence-corrected chi connectivity index (χ2v) is 4.54. The first-order chi connectivity index (χ1) is 9.69. The van der Waals surface area contributed by atoms with Crippen molar-refractivity contribution in [2.45, 2.75) is 19.4 Å². The zero-order chi connectivity index (χ0) is 14.8. The predicted molar refractivity (Wildman–Crippen MR) is 78.9 cm³/mol. The van der Waals surface area contributed by atoms with Crippen molar-refractivity contribution >= 4 is 5.91 Å². The van der Waals surface area contributed by atoms with Crippen LogP contribution in [0.5, 0.6) is 5.75 Å². The summed E-state index contributed by atoms with van der Waals surface area (Å²) in [6, 6.07) is 7.85. The van der Waals surface area contributed by atoms with Crippen LogP contribution >= 0.6 is 0 Å². The Morgan fingerprint density at radius 2 is 2.05 bits per heavy atom. The molecule has 2 N–H and O–H groups in total. The highest BCUT2D eigenvalue weighted by atomic mass is 16.5. The van der Waals surface area contributed by atoms with Gasteiger partial charge < -0.3 is 20.1 Å². The minimum Gasteiger partial charge on any atom is -0.496 e. The number of nitrogens with one attached hydrogen (secondary N) is 2. The van der Waals surface area contributed by atoms with Crippen LogP contribution in [0.3, 0.4) is 0 Å². The molecule has 0 aliphatic carbocycles. The van der Waals surface area contributed by atoms with Gasteiger partial charge in [-0.3, -0.25) is 4.79 Å². The second kappa shape index (κ2) is 9.34. The Morgan fingerprint density at radius 1 is 1.30 bits per heavy atom. The van der Waals surface area contributed by atoms with E-state index in [1.165, 1.54) is 0 Å². The van der Waals surface area contributed by atoms with Gasteiger partial charge in [-0.05, 0) is 19.4 Å². The summed E-state index contributed by atoms with van der Waals surface area (Å²) in [6.07, 6.45) is 0.824. The third-order valence-corrected chi connectivity index (χ3v) is 3.02. The fourth-order valence-corrected chi connectivity index (χ4v) is 1.89. The summed E-state index contributed by atoms with van der Waals surface area (Å²) < 4.78 is 10.2. The number of benzene rings is 1. The molecule has 20 heavy (non-hydrogen) atoms. The lowest BCUT2D eigenvalue weighted by Crippen LogP contribution is -2.35. The molecule has 5 heteroatoms. The molecule has 1 unspecified atom stereocenters. The molecule has 1 rings (SSSR count). The van der Waals surface area contributed by atoms with Crippen molar-refractivity contribution < 1.29 is 14.3 Å². The Balaban J connectivity index is 2.35. The van der Waals surface area contributed by atoms with Gasteiger partial charge in [-0.2, -0.15) is 0 Å². The lowest BCUT2D eigenvalue weighted by molar-refractivity contribution is -0.120. The minimum absolute atomic E-state index is 0.0112. The summed E-state index contributed by atoms with van der Waals surface area (Å²) in [5, 5.41) is 6.03. The highest BCUT2D eigenvalue weighted by Crippen LogP contribution is 2.23. The maximum Gasteiger partial charge on any atom is 0.233 e. The Bertz CT molecular complexity index is 410. The van der Waals surface area contributed by atoms with Crippen LogP contribution in [0.4, 0.5) is 0 Å². The van der Waals surface area contributed by atoms with Crippen LogP contribution in [0.25, 0.3) is 0 Å². The number of ether oxygens (including phenoxy) is 2. The average Bonchev–Trinajstić information content (AvgIpc) is 2.49. The van der Waals surface area contributed by atoms with Gasteiger partial charge in [0.1, 0.15) is 5.75 Å². The van der Waals surface area contributed by atoms with E-state index in [0.29, 0.717) is 13.2 Å². The molecule has 0 fully saturated rings. The van der Waals surface area contributed by atoms with E-state index in [1.54, 1.807) is 14.2 Å². The quantitative estimate of drug-likeness (QED) is 0.673. The average molecular weight is 280 g/mol. The lowest BCUT2D eigenvalue weighted by Gasteiger charge is -2.17. The third kappa shape index (κ3) is 5.59. The largest absolute Gasteiger partial charge is 0.496 e. The topological polar surface area (TPSA) is 59.6 Å². The maximum absolute atomic E-state index is 11.7. The molecule has 112 valence electrons. The molecule has 0 saturated carbocycles. The van der Waals surface area contributed by atoms with Crippen LogP contribution in [0.1, 0.15) is 24.9 Å². The van der Waals surface area contributed by atoms with Crippen molar-refractivity contribution in [3.05, 3.63) is 29.8 Å². The van der Waals surface area contributed by atoms with Gasteiger partial charge in [0.05, 0.1) is 13.7 Å². The van der Waals surface area contributed by atoms with Gasteiger partial charge in [0.15, 0.2) is 0 Å². The summed E-state index contributed by atoms with van der Waals surface area (Å²) in [7, 11) is 3.30. The Hall–Kier alpha value is -1.59. The van der Waals surface area contributed by atoms with E-state index < -0.39 is 0 Å². The molecule has 5 nitrogen and oxygen atoms in total. The van der Waals surface area contributed by atoms with Gasteiger partial charge in [0.2, 0.25) is 5.91 Å². The molecule has 0 aliphatic rings. The van der Waals surface area contributed by atoms with Crippen LogP contribution in [0.15, 0.2) is 24.3 Å². The molecule has 1 amide bonds. The van der Waals surface area contributed by atoms with E-state index in [-0.39, 0.29) is 18.5 Å². The summed E-state index contributed by atoms with van der Waals surface area (Å²) >= 11 is 0. The SMILES string of the molecule is COCCCNC(=O)CNC(C)c1ccccc1OC. The van der Waals surface area contributed by atoms with Gasteiger partial charge in [-0.15, -0.1) is 0 Å². The number of carbonyl (C=O) groups is 1. The molecular weight excluding hydrogens is 256 g/mol. The van der Waals surface area contributed by atoms with Gasteiger partial charge >= 0.3 is 0 Å². The molecule has 1 atom stereocenters. The van der Waals surface area contributed by atoms with Gasteiger partial charge in [-0.1, -0.05) is 18.2 Å². The molecule has 0 aromatic heterocycles. The number of hydrogen-bond donors (Lipinski definition) is 2. The van der Waals surface area contributed by atoms with E-state index in [0.717, 1.165) is 17.7 Å². The smallest absolute Gasteiger partial charge is 0.233 e. The highest BCUT2D eigenvalue weighted by Gasteiger charge is 2.11. The van der Waals surface area contributed by atoms with Gasteiger partial charge in [0.25, 0.3) is 0 Å². The standard InChI is InChI=1S/C15H24N2O3/c1-12(13-7-4-5-8-14(13)20-3)17-11-15(18)16-9-6-10-19-2/h4-5,7-8,12,17H,6,9-11H2,1-3H3,(H,16,18). The minimum atomic E-state index is -0.0112. The monoisotopic (exact) mass is 280 g/mol. The van der Waals surface area contributed by atoms with E-state index in [1.807, 2.05) is 31.2 Å². The van der Waals surface area contributed by atoms with Crippen molar-refractivity contribution in [1.82, 2.24) is 10.6 Å². The van der Waals surface area contributed by atoms with E-state index in [4.69, 9.17) is 9.47 Å². The number of hydrogen-bond acceptors (Lipinski definition) is 4. The number of para-hydroxylation sites is 1. The van der Waals surface area contributed by atoms with Crippen LogP contribution < -0.4 is 15.4 Å². The van der Waals surface area contributed by atoms with Crippen LogP contribution in [0.2, 0.25) is 0 Å². The molecule has 0 bridgehead atoms. The zero-order valence-electron chi connectivity index (χ0n) is 12.4. The van der Waals surface area contributed by atoms with Crippen molar-refractivity contribution in [3.63, 3.8) is 0 Å². The summed E-state index contributed by atoms with van der Waals surface area (Å²) in [6.45, 7) is 3.59. The van der Waals surface area contributed by atoms with E-state index >= 15 is 0 Å². The summed E-state index contributed by atoms with van der Waals surface area (Å²) in [5.41, 5.74) is 1.04. The number of rotatable bonds is 9. The first-order valence-corrected chi connectivity index (χ1v) is 6.81. The van der Waals surface area contributed by atoms with Crippen molar-refractivity contribution in [1.29, 1.82) is 0 Å². The molecule has 0 spiro atoms. The molecule has 1 aromatic carbocycles. The lowest BCUT2D eigenvalue weighted by atomic mass is 10.1. The highest BCUT2D eigenvalue weighted by molar-refractivity contribution is 5.78. The molecular formula is C15H24N2O3. The normalized spacial score (nSPS) is 11.9. The zero-order valence-corrected chi connectivity index (χ0v) is 12.4. The number of carbonyl (C=O) groups excluding carboxylic acids is 1. The Kier molecular flexibility index (Phi) is 7.69. The van der Waals surface area contributed by atoms with Gasteiger partial charge in [-0.25, -0.2) is 0 Å². The Morgan fingerprint density at radius 3 is 2.75 bits per heavy atom. The summed E-state index contributed by atoms with van der Waals surface area (Å²) in [5.74, 6) is 0.816. The molecule has 0 saturated heterocycles. The Labute approximate surface area is 120 Å². The third-order valence-electron chi connectivity index (χ3n) is 3.02. The predicted octanol–water partition coefficient (Wildman–Crippen LogP) is 1.50. The van der Waals surface area contributed by atoms with Crippen molar-refractivity contribution in [2.75, 3.05) is 33.9 Å². The van der Waals surface area contributed by atoms with E-state index in [9.17, 15) is 4.79 Å². The van der Waals surface area contributed by atoms with Crippen molar-refractivity contribution in [2.24, 2.45) is 0 Å². The van der Waals surface area contributed by atoms with Gasteiger partial charge in [0, 0.05) is 31.9 Å². The molecule has 1 aromatic rings. The molecule has 0 heterocycles. The van der Waals surface area contributed by atoms with E-state index in [2.05, 4.69) is 10.6 Å². The van der Waals surface area contributed by atoms with Crippen LogP contribution in [-0.4, -0.2) is 39.8 Å². The number of methoxy groups -OCH3 is 2. The number of amides is 1. The second-order valence-electron chi connectivity index (χ2n) is 4.54. The first kappa shape index (κ1) is 16.5. The molecule has 0 aliphatic heterocycles. The maximum atomic E-state index is 11.7. The first-order valence-electron chi connectivity index (χ1n) is 6.81. The molecule has 0 radical (unpaired) electrons. The van der Waals surface area contributed by atoms with Crippen LogP contribution in [0, 0.1) is 0 Å². The summed E-state index contributed by atoms with van der Waals surface area (Å²) in [4.78, 5) is 11.7.